The SMILES string of the molecule is O=S(=O)(c1ccc(OC(F)(F)F)cc1)C(Cl)(Cl)S(=O)(=O)C(F)(F)F. The summed E-state index contributed by atoms with van der Waals surface area (Å²) in [7, 11) is -12.1. The van der Waals surface area contributed by atoms with E-state index in [1.807, 2.05) is 0 Å². The molecule has 1 aromatic rings. The number of rotatable bonds is 4. The Morgan fingerprint density at radius 2 is 1.25 bits per heavy atom. The smallest absolute Gasteiger partial charge is 0.406 e. The molecule has 5 nitrogen and oxygen atoms in total. The lowest BCUT2D eigenvalue weighted by Crippen LogP contribution is -2.43. The van der Waals surface area contributed by atoms with Crippen LogP contribution in [0.2, 0.25) is 0 Å². The molecule has 24 heavy (non-hydrogen) atoms. The lowest BCUT2D eigenvalue weighted by Gasteiger charge is -2.21. The highest BCUT2D eigenvalue weighted by atomic mass is 35.5. The standard InChI is InChI=1S/C9H4Cl2F6O5S2/c10-7(11,24(20,21)9(15,16)17)23(18,19)6-3-1-5(2-4-6)22-8(12,13)14/h1-4H. The van der Waals surface area contributed by atoms with Gasteiger partial charge in [0.1, 0.15) is 5.75 Å². The maximum atomic E-state index is 12.5. The van der Waals surface area contributed by atoms with Gasteiger partial charge in [0.2, 0.25) is 9.84 Å². The van der Waals surface area contributed by atoms with Crippen molar-refractivity contribution in [3.8, 4) is 5.75 Å². The molecule has 0 saturated carbocycles. The van der Waals surface area contributed by atoms with Crippen molar-refractivity contribution < 1.29 is 47.9 Å². The molecule has 15 heteroatoms. The molecule has 0 fully saturated rings. The minimum Gasteiger partial charge on any atom is -0.406 e. The molecule has 1 aromatic carbocycles. The molecule has 1 rings (SSSR count). The van der Waals surface area contributed by atoms with Gasteiger partial charge in [-0.3, -0.25) is 0 Å². The van der Waals surface area contributed by atoms with Crippen LogP contribution in [-0.2, 0) is 19.7 Å². The molecule has 0 radical (unpaired) electrons. The summed E-state index contributed by atoms with van der Waals surface area (Å²) in [6, 6.07) is 1.54. The van der Waals surface area contributed by atoms with Gasteiger partial charge >= 0.3 is 14.9 Å². The number of ether oxygens (including phenoxy) is 1. The number of benzene rings is 1. The highest BCUT2D eigenvalue weighted by molar-refractivity contribution is 8.14. The molecule has 0 amide bonds. The average molecular weight is 441 g/mol. The molecular weight excluding hydrogens is 437 g/mol. The molecule has 0 aromatic heterocycles. The molecule has 0 atom stereocenters. The van der Waals surface area contributed by atoms with Crippen LogP contribution >= 0.6 is 23.2 Å². The summed E-state index contributed by atoms with van der Waals surface area (Å²) in [4.78, 5) is -1.17. The highest BCUT2D eigenvalue weighted by Crippen LogP contribution is 2.46. The second kappa shape index (κ2) is 6.11. The number of hydrogen-bond donors (Lipinski definition) is 0. The zero-order valence-corrected chi connectivity index (χ0v) is 13.8. The van der Waals surface area contributed by atoms with Gasteiger partial charge in [0, 0.05) is 0 Å². The van der Waals surface area contributed by atoms with Crippen LogP contribution in [0.15, 0.2) is 29.2 Å². The van der Waals surface area contributed by atoms with Crippen LogP contribution in [0.25, 0.3) is 0 Å². The minimum atomic E-state index is -6.59. The minimum absolute atomic E-state index is 0.349. The third-order valence-corrected chi connectivity index (χ3v) is 8.81. The van der Waals surface area contributed by atoms with Crippen LogP contribution in [0, 0.1) is 0 Å². The van der Waals surface area contributed by atoms with E-state index in [9.17, 15) is 43.2 Å². The van der Waals surface area contributed by atoms with Gasteiger partial charge in [-0.15, -0.1) is 13.2 Å². The third-order valence-electron chi connectivity index (χ3n) is 2.30. The Labute approximate surface area is 140 Å². The van der Waals surface area contributed by atoms with Crippen LogP contribution in [0.4, 0.5) is 26.3 Å². The summed E-state index contributed by atoms with van der Waals surface area (Å²) in [5.41, 5.74) is -6.09. The monoisotopic (exact) mass is 440 g/mol. The molecule has 0 aliphatic heterocycles. The van der Waals surface area contributed by atoms with Crippen molar-refractivity contribution in [1.82, 2.24) is 0 Å². The normalized spacial score (nSPS) is 14.5. The fraction of sp³-hybridized carbons (Fsp3) is 0.333. The Morgan fingerprint density at radius 3 is 1.58 bits per heavy atom. The molecule has 0 N–H and O–H groups in total. The first kappa shape index (κ1) is 21.1. The first-order chi connectivity index (χ1) is 10.4. The highest BCUT2D eigenvalue weighted by Gasteiger charge is 2.65. The van der Waals surface area contributed by atoms with E-state index in [0.29, 0.717) is 24.3 Å². The van der Waals surface area contributed by atoms with Gasteiger partial charge in [0.15, 0.2) is 0 Å². The van der Waals surface area contributed by atoms with E-state index in [4.69, 9.17) is 23.2 Å². The van der Waals surface area contributed by atoms with Gasteiger partial charge in [-0.25, -0.2) is 16.8 Å². The average Bonchev–Trinajstić information content (AvgIpc) is 2.35. The number of hydrogen-bond acceptors (Lipinski definition) is 5. The van der Waals surface area contributed by atoms with E-state index >= 15 is 0 Å². The lowest BCUT2D eigenvalue weighted by atomic mass is 10.3. The second-order valence-corrected chi connectivity index (χ2v) is 10.6. The number of alkyl halides is 8. The molecule has 0 saturated heterocycles. The van der Waals surface area contributed by atoms with Crippen LogP contribution < -0.4 is 4.74 Å². The zero-order chi connectivity index (χ0) is 19.2. The Balaban J connectivity index is 3.35. The van der Waals surface area contributed by atoms with Gasteiger partial charge in [-0.1, -0.05) is 23.2 Å². The topological polar surface area (TPSA) is 77.5 Å². The van der Waals surface area contributed by atoms with E-state index in [-0.39, 0.29) is 0 Å². The summed E-state index contributed by atoms with van der Waals surface area (Å²) in [6.45, 7) is 0. The van der Waals surface area contributed by atoms with E-state index in [0.717, 1.165) is 0 Å². The van der Waals surface area contributed by atoms with Crippen molar-refractivity contribution in [2.75, 3.05) is 0 Å². The first-order valence-corrected chi connectivity index (χ1v) is 8.95. The Hall–Kier alpha value is -0.920. The van der Waals surface area contributed by atoms with E-state index in [2.05, 4.69) is 4.74 Å². The van der Waals surface area contributed by atoms with Crippen molar-refractivity contribution in [2.45, 2.75) is 19.8 Å². The summed E-state index contributed by atoms with van der Waals surface area (Å²) < 4.78 is 119. The summed E-state index contributed by atoms with van der Waals surface area (Å²) in [5, 5.41) is 0. The fourth-order valence-electron chi connectivity index (χ4n) is 1.24. The Morgan fingerprint density at radius 1 is 0.833 bits per heavy atom. The second-order valence-electron chi connectivity index (χ2n) is 3.94. The van der Waals surface area contributed by atoms with Crippen molar-refractivity contribution in [1.29, 1.82) is 0 Å². The van der Waals surface area contributed by atoms with E-state index in [1.54, 1.807) is 0 Å². The van der Waals surface area contributed by atoms with Crippen molar-refractivity contribution in [3.63, 3.8) is 0 Å². The van der Waals surface area contributed by atoms with Crippen molar-refractivity contribution >= 4 is 42.9 Å². The molecular formula is C9H4Cl2F6O5S2. The molecule has 0 bridgehead atoms. The van der Waals surface area contributed by atoms with Crippen molar-refractivity contribution in [3.05, 3.63) is 24.3 Å². The Bertz CT molecular complexity index is 811. The summed E-state index contributed by atoms with van der Waals surface area (Å²) >= 11 is 9.89. The fourth-order valence-corrected chi connectivity index (χ4v) is 5.06. The van der Waals surface area contributed by atoms with Gasteiger partial charge in [0.05, 0.1) is 4.90 Å². The molecule has 0 spiro atoms. The predicted octanol–water partition coefficient (Wildman–Crippen LogP) is 3.38. The van der Waals surface area contributed by atoms with Gasteiger partial charge in [-0.05, 0) is 24.3 Å². The molecule has 0 aliphatic rings. The molecule has 0 heterocycles. The zero-order valence-electron chi connectivity index (χ0n) is 10.7. The molecule has 0 unspecified atom stereocenters. The quantitative estimate of drug-likeness (QED) is 0.529. The first-order valence-electron chi connectivity index (χ1n) is 5.22. The van der Waals surface area contributed by atoms with Gasteiger partial charge < -0.3 is 4.74 Å². The predicted molar refractivity (Wildman–Crippen MR) is 69.7 cm³/mol. The lowest BCUT2D eigenvalue weighted by molar-refractivity contribution is -0.274. The van der Waals surface area contributed by atoms with Crippen LogP contribution in [0.3, 0.4) is 0 Å². The molecule has 138 valence electrons. The maximum absolute atomic E-state index is 12.5. The van der Waals surface area contributed by atoms with Crippen LogP contribution in [-0.4, -0.2) is 31.7 Å². The Kier molecular flexibility index (Phi) is 5.38. The largest absolute Gasteiger partial charge is 0.573 e. The molecule has 0 aliphatic carbocycles. The van der Waals surface area contributed by atoms with Gasteiger partial charge in [0.25, 0.3) is 9.84 Å². The summed E-state index contributed by atoms with van der Waals surface area (Å²) in [6.07, 6.45) is -5.11. The van der Waals surface area contributed by atoms with E-state index in [1.165, 1.54) is 0 Å². The van der Waals surface area contributed by atoms with Gasteiger partial charge in [-0.2, -0.15) is 13.2 Å². The summed E-state index contributed by atoms with van der Waals surface area (Å²) in [5.74, 6) is -0.908. The van der Waals surface area contributed by atoms with E-state index < -0.39 is 45.2 Å². The van der Waals surface area contributed by atoms with Crippen LogP contribution in [0.1, 0.15) is 0 Å². The van der Waals surface area contributed by atoms with Crippen LogP contribution in [0.5, 0.6) is 5.75 Å². The number of sulfone groups is 2. The number of halogens is 8. The third kappa shape index (κ3) is 3.83. The maximum Gasteiger partial charge on any atom is 0.573 e. The van der Waals surface area contributed by atoms with Crippen molar-refractivity contribution in [2.24, 2.45) is 0 Å².